The van der Waals surface area contributed by atoms with Crippen molar-refractivity contribution in [1.29, 1.82) is 0 Å². The summed E-state index contributed by atoms with van der Waals surface area (Å²) in [5.74, 6) is -0.235. The van der Waals surface area contributed by atoms with Gasteiger partial charge in [0.15, 0.2) is 0 Å². The molecule has 2 amide bonds. The van der Waals surface area contributed by atoms with Crippen molar-refractivity contribution in [1.82, 2.24) is 15.6 Å². The van der Waals surface area contributed by atoms with Crippen LogP contribution in [0.1, 0.15) is 24.3 Å². The van der Waals surface area contributed by atoms with Crippen molar-refractivity contribution >= 4 is 27.7 Å². The highest BCUT2D eigenvalue weighted by Gasteiger charge is 2.08. The summed E-state index contributed by atoms with van der Waals surface area (Å²) in [6, 6.07) is 1.70. The predicted molar refractivity (Wildman–Crippen MR) is 68.7 cm³/mol. The van der Waals surface area contributed by atoms with E-state index < -0.39 is 0 Å². The molecule has 1 rings (SSSR count). The fourth-order valence-corrected chi connectivity index (χ4v) is 1.50. The van der Waals surface area contributed by atoms with Gasteiger partial charge in [-0.05, 0) is 22.0 Å². The van der Waals surface area contributed by atoms with Crippen molar-refractivity contribution in [2.75, 3.05) is 13.1 Å². The lowest BCUT2D eigenvalue weighted by Crippen LogP contribution is -2.36. The molecule has 0 fully saturated rings. The first-order valence-electron chi connectivity index (χ1n) is 5.40. The number of carbonyl (C=O) groups is 2. The number of H-pyrrole nitrogens is 1. The van der Waals surface area contributed by atoms with Crippen LogP contribution < -0.4 is 10.6 Å². The maximum atomic E-state index is 11.6. The van der Waals surface area contributed by atoms with Crippen molar-refractivity contribution in [3.63, 3.8) is 0 Å². The third-order valence-electron chi connectivity index (χ3n) is 2.13. The topological polar surface area (TPSA) is 74.0 Å². The minimum Gasteiger partial charge on any atom is -0.356 e. The van der Waals surface area contributed by atoms with E-state index in [1.807, 2.05) is 13.8 Å². The van der Waals surface area contributed by atoms with Gasteiger partial charge in [-0.1, -0.05) is 13.8 Å². The van der Waals surface area contributed by atoms with Crippen molar-refractivity contribution in [3.05, 3.63) is 22.4 Å². The zero-order valence-electron chi connectivity index (χ0n) is 9.84. The molecule has 0 aromatic carbocycles. The van der Waals surface area contributed by atoms with E-state index in [9.17, 15) is 9.59 Å². The molecule has 0 radical (unpaired) electrons. The Hall–Kier alpha value is -1.30. The minimum absolute atomic E-state index is 0.0122. The van der Waals surface area contributed by atoms with Crippen molar-refractivity contribution in [2.24, 2.45) is 5.92 Å². The molecule has 0 bridgehead atoms. The van der Waals surface area contributed by atoms with Gasteiger partial charge in [-0.15, -0.1) is 0 Å². The highest BCUT2D eigenvalue weighted by molar-refractivity contribution is 9.10. The van der Waals surface area contributed by atoms with E-state index in [4.69, 9.17) is 0 Å². The number of halogens is 1. The molecular weight excluding hydrogens is 286 g/mol. The maximum absolute atomic E-state index is 11.6. The van der Waals surface area contributed by atoms with Gasteiger partial charge in [0.2, 0.25) is 5.91 Å². The van der Waals surface area contributed by atoms with Crippen LogP contribution in [0, 0.1) is 5.92 Å². The van der Waals surface area contributed by atoms with Crippen LogP contribution in [-0.4, -0.2) is 29.9 Å². The molecule has 0 atom stereocenters. The molecule has 17 heavy (non-hydrogen) atoms. The number of amides is 2. The fraction of sp³-hybridized carbons (Fsp3) is 0.455. The monoisotopic (exact) mass is 301 g/mol. The summed E-state index contributed by atoms with van der Waals surface area (Å²) >= 11 is 3.25. The molecule has 1 heterocycles. The van der Waals surface area contributed by atoms with Crippen LogP contribution in [-0.2, 0) is 4.79 Å². The van der Waals surface area contributed by atoms with Crippen LogP contribution in [0.2, 0.25) is 0 Å². The molecule has 0 saturated carbocycles. The summed E-state index contributed by atoms with van der Waals surface area (Å²) < 4.78 is 0.829. The van der Waals surface area contributed by atoms with E-state index in [2.05, 4.69) is 31.5 Å². The number of aromatic amines is 1. The fourth-order valence-electron chi connectivity index (χ4n) is 1.16. The zero-order chi connectivity index (χ0) is 12.8. The van der Waals surface area contributed by atoms with Gasteiger partial charge in [-0.2, -0.15) is 0 Å². The summed E-state index contributed by atoms with van der Waals surface area (Å²) in [6.45, 7) is 4.49. The van der Waals surface area contributed by atoms with Crippen LogP contribution >= 0.6 is 15.9 Å². The van der Waals surface area contributed by atoms with Crippen molar-refractivity contribution in [2.45, 2.75) is 13.8 Å². The van der Waals surface area contributed by atoms with E-state index in [0.29, 0.717) is 18.8 Å². The standard InChI is InChI=1S/C11H16BrN3O2/c1-7(2)10(16)13-3-4-14-11(17)9-5-8(12)6-15-9/h5-7,15H,3-4H2,1-2H3,(H,13,16)(H,14,17). The molecule has 0 saturated heterocycles. The average molecular weight is 302 g/mol. The molecule has 0 aliphatic carbocycles. The third-order valence-corrected chi connectivity index (χ3v) is 2.58. The quantitative estimate of drug-likeness (QED) is 0.717. The van der Waals surface area contributed by atoms with Gasteiger partial charge < -0.3 is 15.6 Å². The Morgan fingerprint density at radius 1 is 1.35 bits per heavy atom. The normalized spacial score (nSPS) is 10.4. The molecule has 5 nitrogen and oxygen atoms in total. The van der Waals surface area contributed by atoms with Gasteiger partial charge in [0, 0.05) is 29.7 Å². The number of hydrogen-bond donors (Lipinski definition) is 3. The summed E-state index contributed by atoms with van der Waals surface area (Å²) in [5, 5.41) is 5.42. The average Bonchev–Trinajstić information content (AvgIpc) is 2.70. The molecule has 0 aliphatic rings. The van der Waals surface area contributed by atoms with Crippen LogP contribution in [0.25, 0.3) is 0 Å². The summed E-state index contributed by atoms with van der Waals surface area (Å²) in [7, 11) is 0. The van der Waals surface area contributed by atoms with E-state index in [0.717, 1.165) is 4.47 Å². The lowest BCUT2D eigenvalue weighted by atomic mass is 10.2. The Balaban J connectivity index is 2.23. The lowest BCUT2D eigenvalue weighted by Gasteiger charge is -2.08. The smallest absolute Gasteiger partial charge is 0.267 e. The van der Waals surface area contributed by atoms with Crippen LogP contribution in [0.3, 0.4) is 0 Å². The van der Waals surface area contributed by atoms with Gasteiger partial charge >= 0.3 is 0 Å². The summed E-state index contributed by atoms with van der Waals surface area (Å²) in [5.41, 5.74) is 0.493. The van der Waals surface area contributed by atoms with Crippen LogP contribution in [0.15, 0.2) is 16.7 Å². The molecule has 1 aromatic heterocycles. The second kappa shape index (κ2) is 6.44. The first-order valence-corrected chi connectivity index (χ1v) is 6.20. The van der Waals surface area contributed by atoms with Gasteiger partial charge in [-0.3, -0.25) is 9.59 Å². The molecule has 3 N–H and O–H groups in total. The number of carbonyl (C=O) groups excluding carboxylic acids is 2. The van der Waals surface area contributed by atoms with Crippen LogP contribution in [0.4, 0.5) is 0 Å². The van der Waals surface area contributed by atoms with Gasteiger partial charge in [0.1, 0.15) is 5.69 Å². The van der Waals surface area contributed by atoms with E-state index in [1.54, 1.807) is 12.3 Å². The first kappa shape index (κ1) is 13.8. The Labute approximate surface area is 108 Å². The number of nitrogens with one attached hydrogen (secondary N) is 3. The minimum atomic E-state index is -0.186. The second-order valence-corrected chi connectivity index (χ2v) is 4.85. The van der Waals surface area contributed by atoms with Crippen molar-refractivity contribution < 1.29 is 9.59 Å². The molecule has 6 heteroatoms. The Kier molecular flexibility index (Phi) is 5.21. The third kappa shape index (κ3) is 4.60. The Morgan fingerprint density at radius 3 is 2.53 bits per heavy atom. The zero-order valence-corrected chi connectivity index (χ0v) is 11.4. The molecule has 0 aliphatic heterocycles. The molecule has 1 aromatic rings. The molecule has 0 spiro atoms. The molecular formula is C11H16BrN3O2. The Bertz CT molecular complexity index is 401. The van der Waals surface area contributed by atoms with Gasteiger partial charge in [0.25, 0.3) is 5.91 Å². The van der Waals surface area contributed by atoms with E-state index >= 15 is 0 Å². The number of rotatable bonds is 5. The summed E-state index contributed by atoms with van der Waals surface area (Å²) in [4.78, 5) is 25.6. The number of aromatic nitrogens is 1. The molecule has 0 unspecified atom stereocenters. The van der Waals surface area contributed by atoms with E-state index in [-0.39, 0.29) is 17.7 Å². The van der Waals surface area contributed by atoms with Gasteiger partial charge in [0.05, 0.1) is 0 Å². The highest BCUT2D eigenvalue weighted by Crippen LogP contribution is 2.09. The SMILES string of the molecule is CC(C)C(=O)NCCNC(=O)c1cc(Br)c[nH]1. The first-order chi connectivity index (χ1) is 8.00. The molecule has 94 valence electrons. The lowest BCUT2D eigenvalue weighted by molar-refractivity contribution is -0.123. The summed E-state index contributed by atoms with van der Waals surface area (Å²) in [6.07, 6.45) is 1.69. The predicted octanol–water partition coefficient (Wildman–Crippen LogP) is 1.28. The van der Waals surface area contributed by atoms with Gasteiger partial charge in [-0.25, -0.2) is 0 Å². The highest BCUT2D eigenvalue weighted by atomic mass is 79.9. The largest absolute Gasteiger partial charge is 0.356 e. The Morgan fingerprint density at radius 2 is 2.00 bits per heavy atom. The second-order valence-electron chi connectivity index (χ2n) is 3.93. The van der Waals surface area contributed by atoms with E-state index in [1.165, 1.54) is 0 Å². The maximum Gasteiger partial charge on any atom is 0.267 e. The van der Waals surface area contributed by atoms with Crippen molar-refractivity contribution in [3.8, 4) is 0 Å². The number of hydrogen-bond acceptors (Lipinski definition) is 2. The van der Waals surface area contributed by atoms with Crippen LogP contribution in [0.5, 0.6) is 0 Å².